The molecule has 0 aliphatic rings. The molecule has 4 heteroatoms. The van der Waals surface area contributed by atoms with Crippen molar-refractivity contribution in [2.45, 2.75) is 0 Å². The fourth-order valence-electron chi connectivity index (χ4n) is 1.66. The summed E-state index contributed by atoms with van der Waals surface area (Å²) in [6.45, 7) is 0. The van der Waals surface area contributed by atoms with Crippen molar-refractivity contribution < 1.29 is 4.42 Å². The summed E-state index contributed by atoms with van der Waals surface area (Å²) in [5.74, 6) is 0.638. The molecule has 0 N–H and O–H groups in total. The van der Waals surface area contributed by atoms with Gasteiger partial charge in [-0.3, -0.25) is 0 Å². The first-order valence-electron chi connectivity index (χ1n) is 5.05. The lowest BCUT2D eigenvalue weighted by Crippen LogP contribution is -1.74. The van der Waals surface area contributed by atoms with Crippen LogP contribution in [0.5, 0.6) is 0 Å². The standard InChI is InChI=1S/C13H7Br2NO/c14-9-6-10(15)12-11(7-9)16-13(17-12)8-4-2-1-3-5-8/h1-7H. The topological polar surface area (TPSA) is 26.0 Å². The van der Waals surface area contributed by atoms with Gasteiger partial charge in [-0.1, -0.05) is 34.1 Å². The van der Waals surface area contributed by atoms with Crippen molar-refractivity contribution in [1.82, 2.24) is 4.98 Å². The number of fused-ring (bicyclic) bond motifs is 1. The first kappa shape index (κ1) is 11.0. The van der Waals surface area contributed by atoms with Crippen LogP contribution in [-0.4, -0.2) is 4.98 Å². The number of rotatable bonds is 1. The number of nitrogens with zero attached hydrogens (tertiary/aromatic N) is 1. The zero-order chi connectivity index (χ0) is 11.8. The van der Waals surface area contributed by atoms with Crippen LogP contribution in [0.1, 0.15) is 0 Å². The van der Waals surface area contributed by atoms with Crippen LogP contribution in [0.4, 0.5) is 0 Å². The molecule has 3 aromatic rings. The molecule has 0 fully saturated rings. The molecule has 0 aliphatic carbocycles. The fraction of sp³-hybridized carbons (Fsp3) is 0. The summed E-state index contributed by atoms with van der Waals surface area (Å²) >= 11 is 6.91. The van der Waals surface area contributed by atoms with Crippen molar-refractivity contribution in [2.24, 2.45) is 0 Å². The van der Waals surface area contributed by atoms with Gasteiger partial charge in [-0.05, 0) is 40.2 Å². The van der Waals surface area contributed by atoms with E-state index in [1.165, 1.54) is 0 Å². The lowest BCUT2D eigenvalue weighted by atomic mass is 10.2. The molecule has 2 aromatic carbocycles. The summed E-state index contributed by atoms with van der Waals surface area (Å²) in [5.41, 5.74) is 2.59. The highest BCUT2D eigenvalue weighted by Gasteiger charge is 2.11. The Hall–Kier alpha value is -1.13. The van der Waals surface area contributed by atoms with E-state index in [2.05, 4.69) is 36.8 Å². The Balaban J connectivity index is 2.24. The van der Waals surface area contributed by atoms with E-state index in [0.29, 0.717) is 5.89 Å². The van der Waals surface area contributed by atoms with Gasteiger partial charge in [0.05, 0.1) is 4.47 Å². The molecule has 0 atom stereocenters. The van der Waals surface area contributed by atoms with Gasteiger partial charge in [-0.2, -0.15) is 0 Å². The molecule has 3 rings (SSSR count). The minimum absolute atomic E-state index is 0.638. The van der Waals surface area contributed by atoms with Crippen molar-refractivity contribution >= 4 is 43.0 Å². The third-order valence-corrected chi connectivity index (χ3v) is 3.48. The predicted octanol–water partition coefficient (Wildman–Crippen LogP) is 5.02. The number of oxazole rings is 1. The van der Waals surface area contributed by atoms with Crippen molar-refractivity contribution in [3.8, 4) is 11.5 Å². The SMILES string of the molecule is Brc1cc(Br)c2oc(-c3ccccc3)nc2c1. The molecule has 0 radical (unpaired) electrons. The van der Waals surface area contributed by atoms with E-state index >= 15 is 0 Å². The van der Waals surface area contributed by atoms with Crippen molar-refractivity contribution in [3.63, 3.8) is 0 Å². The van der Waals surface area contributed by atoms with Gasteiger partial charge in [0.1, 0.15) is 5.52 Å². The average molecular weight is 353 g/mol. The lowest BCUT2D eigenvalue weighted by Gasteiger charge is -1.93. The van der Waals surface area contributed by atoms with Crippen molar-refractivity contribution in [1.29, 1.82) is 0 Å². The maximum Gasteiger partial charge on any atom is 0.227 e. The highest BCUT2D eigenvalue weighted by atomic mass is 79.9. The molecule has 84 valence electrons. The second kappa shape index (κ2) is 4.27. The number of halogens is 2. The number of hydrogen-bond donors (Lipinski definition) is 0. The van der Waals surface area contributed by atoms with E-state index in [1.54, 1.807) is 0 Å². The van der Waals surface area contributed by atoms with E-state index in [1.807, 2.05) is 42.5 Å². The van der Waals surface area contributed by atoms with E-state index in [-0.39, 0.29) is 0 Å². The number of benzene rings is 2. The molecule has 0 aliphatic heterocycles. The zero-order valence-corrected chi connectivity index (χ0v) is 11.8. The van der Waals surface area contributed by atoms with Crippen LogP contribution in [0.2, 0.25) is 0 Å². The second-order valence-electron chi connectivity index (χ2n) is 3.62. The number of aromatic nitrogens is 1. The Bertz CT molecular complexity index is 676. The minimum Gasteiger partial charge on any atom is -0.435 e. The Morgan fingerprint density at radius 2 is 1.76 bits per heavy atom. The van der Waals surface area contributed by atoms with Gasteiger partial charge in [-0.25, -0.2) is 4.98 Å². The summed E-state index contributed by atoms with van der Waals surface area (Å²) in [7, 11) is 0. The first-order valence-corrected chi connectivity index (χ1v) is 6.63. The van der Waals surface area contributed by atoms with Gasteiger partial charge in [0, 0.05) is 10.0 Å². The van der Waals surface area contributed by atoms with Crippen LogP contribution in [0.3, 0.4) is 0 Å². The summed E-state index contributed by atoms with van der Waals surface area (Å²) in [4.78, 5) is 4.48. The zero-order valence-electron chi connectivity index (χ0n) is 8.65. The van der Waals surface area contributed by atoms with E-state index in [0.717, 1.165) is 25.6 Å². The summed E-state index contributed by atoms with van der Waals surface area (Å²) in [6.07, 6.45) is 0. The fourth-order valence-corrected chi connectivity index (χ4v) is 2.95. The molecule has 0 amide bonds. The molecule has 0 saturated carbocycles. The minimum atomic E-state index is 0.638. The van der Waals surface area contributed by atoms with Crippen LogP contribution in [0.15, 0.2) is 55.8 Å². The Kier molecular flexibility index (Phi) is 2.76. The molecule has 0 bridgehead atoms. The molecule has 2 nitrogen and oxygen atoms in total. The van der Waals surface area contributed by atoms with Crippen LogP contribution < -0.4 is 0 Å². The van der Waals surface area contributed by atoms with E-state index < -0.39 is 0 Å². The van der Waals surface area contributed by atoms with Crippen LogP contribution in [0, 0.1) is 0 Å². The van der Waals surface area contributed by atoms with Gasteiger partial charge in [0.2, 0.25) is 5.89 Å². The summed E-state index contributed by atoms with van der Waals surface area (Å²) in [5, 5.41) is 0. The van der Waals surface area contributed by atoms with Crippen LogP contribution in [0.25, 0.3) is 22.6 Å². The Morgan fingerprint density at radius 1 is 1.00 bits per heavy atom. The third kappa shape index (κ3) is 2.03. The molecule has 0 saturated heterocycles. The van der Waals surface area contributed by atoms with Crippen molar-refractivity contribution in [2.75, 3.05) is 0 Å². The normalized spacial score (nSPS) is 10.9. The highest BCUT2D eigenvalue weighted by Crippen LogP contribution is 2.31. The van der Waals surface area contributed by atoms with Gasteiger partial charge >= 0.3 is 0 Å². The molecular weight excluding hydrogens is 346 g/mol. The molecule has 1 aromatic heterocycles. The summed E-state index contributed by atoms with van der Waals surface area (Å²) in [6, 6.07) is 13.8. The Labute approximate surface area is 115 Å². The third-order valence-electron chi connectivity index (χ3n) is 2.43. The monoisotopic (exact) mass is 351 g/mol. The van der Waals surface area contributed by atoms with E-state index in [9.17, 15) is 0 Å². The van der Waals surface area contributed by atoms with Gasteiger partial charge in [0.25, 0.3) is 0 Å². The second-order valence-corrected chi connectivity index (χ2v) is 5.39. The van der Waals surface area contributed by atoms with Crippen LogP contribution in [-0.2, 0) is 0 Å². The number of hydrogen-bond acceptors (Lipinski definition) is 2. The maximum atomic E-state index is 5.76. The van der Waals surface area contributed by atoms with Gasteiger partial charge < -0.3 is 4.42 Å². The molecular formula is C13H7Br2NO. The molecule has 0 unspecified atom stereocenters. The smallest absolute Gasteiger partial charge is 0.227 e. The lowest BCUT2D eigenvalue weighted by molar-refractivity contribution is 0.618. The molecule has 0 spiro atoms. The highest BCUT2D eigenvalue weighted by molar-refractivity contribution is 9.11. The Morgan fingerprint density at radius 3 is 2.53 bits per heavy atom. The molecule has 17 heavy (non-hydrogen) atoms. The summed E-state index contributed by atoms with van der Waals surface area (Å²) < 4.78 is 7.64. The van der Waals surface area contributed by atoms with Crippen molar-refractivity contribution in [3.05, 3.63) is 51.4 Å². The average Bonchev–Trinajstić information content (AvgIpc) is 2.74. The predicted molar refractivity (Wildman–Crippen MR) is 74.8 cm³/mol. The van der Waals surface area contributed by atoms with E-state index in [4.69, 9.17) is 4.42 Å². The first-order chi connectivity index (χ1) is 8.24. The van der Waals surface area contributed by atoms with Gasteiger partial charge in [0.15, 0.2) is 5.58 Å². The quantitative estimate of drug-likeness (QED) is 0.614. The molecule has 1 heterocycles. The maximum absolute atomic E-state index is 5.76. The van der Waals surface area contributed by atoms with Crippen LogP contribution >= 0.6 is 31.9 Å². The largest absolute Gasteiger partial charge is 0.435 e. The van der Waals surface area contributed by atoms with Gasteiger partial charge in [-0.15, -0.1) is 0 Å².